The predicted octanol–water partition coefficient (Wildman–Crippen LogP) is 4.09. The molecule has 1 aliphatic rings. The molecule has 3 rings (SSSR count). The Morgan fingerprint density at radius 3 is 1.42 bits per heavy atom. The second kappa shape index (κ2) is 13.0. The summed E-state index contributed by atoms with van der Waals surface area (Å²) in [4.78, 5) is 0. The van der Waals surface area contributed by atoms with E-state index in [1.165, 1.54) is 29.2 Å². The van der Waals surface area contributed by atoms with E-state index in [0.717, 1.165) is 12.8 Å². The summed E-state index contributed by atoms with van der Waals surface area (Å²) in [5.74, 6) is 6.54. The van der Waals surface area contributed by atoms with E-state index in [4.69, 9.17) is 5.26 Å². The second-order valence-electron chi connectivity index (χ2n) is 4.78. The first kappa shape index (κ1) is 26.0. The van der Waals surface area contributed by atoms with Crippen LogP contribution in [0.5, 0.6) is 0 Å². The summed E-state index contributed by atoms with van der Waals surface area (Å²) in [7, 11) is -6.00. The van der Waals surface area contributed by atoms with E-state index in [0.29, 0.717) is 0 Å². The molecule has 142 valence electrons. The molecule has 0 aliphatic heterocycles. The summed E-state index contributed by atoms with van der Waals surface area (Å²) >= 11 is 0. The number of benzene rings is 2. The van der Waals surface area contributed by atoms with Crippen LogP contribution < -0.4 is 0 Å². The molecule has 0 spiro atoms. The topological polar surface area (TPSA) is 56.8 Å². The number of aryl methyl sites for hydroxylation is 2. The maximum absolute atomic E-state index is 9.75. The molecule has 8 heteroatoms. The van der Waals surface area contributed by atoms with Gasteiger partial charge < -0.3 is 22.7 Å². The molecule has 0 unspecified atom stereocenters. The number of nitriles is 1. The van der Waals surface area contributed by atoms with Crippen molar-refractivity contribution >= 4 is 7.25 Å². The maximum atomic E-state index is 9.75. The van der Waals surface area contributed by atoms with Crippen molar-refractivity contribution in [2.45, 2.75) is 19.8 Å². The quantitative estimate of drug-likeness (QED) is 0.277. The van der Waals surface area contributed by atoms with Gasteiger partial charge in [0.25, 0.3) is 0 Å². The van der Waals surface area contributed by atoms with Crippen molar-refractivity contribution in [2.24, 2.45) is 0 Å². The van der Waals surface area contributed by atoms with Crippen molar-refractivity contribution < 1.29 is 39.8 Å². The molecule has 0 heterocycles. The zero-order chi connectivity index (χ0) is 18.0. The molecule has 2 nitrogen and oxygen atoms in total. The van der Waals surface area contributed by atoms with Crippen molar-refractivity contribution in [2.75, 3.05) is 0 Å². The summed E-state index contributed by atoms with van der Waals surface area (Å²) in [6.07, 6.45) is 2.17. The van der Waals surface area contributed by atoms with Crippen molar-refractivity contribution in [3.63, 3.8) is 0 Å². The monoisotopic (exact) mass is 414 g/mol. The van der Waals surface area contributed by atoms with Crippen LogP contribution in [0.25, 0.3) is 0 Å². The largest absolute Gasteiger partial charge is 1.00 e. The van der Waals surface area contributed by atoms with Gasteiger partial charge >= 0.3 is 24.3 Å². The summed E-state index contributed by atoms with van der Waals surface area (Å²) in [5, 5.41) is 7.32. The van der Waals surface area contributed by atoms with Crippen LogP contribution in [0.1, 0.15) is 29.2 Å². The summed E-state index contributed by atoms with van der Waals surface area (Å²) in [6, 6.07) is 18.6. The maximum Gasteiger partial charge on any atom is 1.00 e. The fourth-order valence-corrected chi connectivity index (χ4v) is 2.12. The van der Waals surface area contributed by atoms with Crippen LogP contribution in [0.15, 0.2) is 48.5 Å². The Balaban J connectivity index is 0. The zero-order valence-electron chi connectivity index (χ0n) is 13.9. The molecule has 0 fully saturated rings. The normalized spacial score (nSPS) is 10.3. The Labute approximate surface area is 161 Å². The molecule has 0 bridgehead atoms. The number of hydrogen-bond acceptors (Lipinski definition) is 1. The fourth-order valence-electron chi connectivity index (χ4n) is 2.12. The van der Waals surface area contributed by atoms with Crippen LogP contribution in [0.2, 0.25) is 0 Å². The Bertz CT molecular complexity index is 721. The summed E-state index contributed by atoms with van der Waals surface area (Å²) < 4.78 is 39.0. The Kier molecular flexibility index (Phi) is 13.0. The van der Waals surface area contributed by atoms with Gasteiger partial charge in [-0.25, -0.2) is 0 Å². The van der Waals surface area contributed by atoms with Crippen molar-refractivity contribution in [1.82, 2.24) is 0 Å². The van der Waals surface area contributed by atoms with E-state index < -0.39 is 7.25 Å². The van der Waals surface area contributed by atoms with Crippen LogP contribution in [0, 0.1) is 23.2 Å². The minimum atomic E-state index is -6.00. The van der Waals surface area contributed by atoms with Gasteiger partial charge in [0.1, 0.15) is 0 Å². The average molecular weight is 415 g/mol. The van der Waals surface area contributed by atoms with Gasteiger partial charge in [0.2, 0.25) is 0 Å². The number of nitrogens with zero attached hydrogens (tertiary/aromatic N) is 1. The number of fused-ring (bicyclic) bond motifs is 2. The number of hydrogen-bond donors (Lipinski definition) is 0. The van der Waals surface area contributed by atoms with Gasteiger partial charge in [0.05, 0.1) is 6.07 Å². The average Bonchev–Trinajstić information content (AvgIpc) is 2.49. The molecule has 0 saturated carbocycles. The molecule has 0 aromatic heterocycles. The van der Waals surface area contributed by atoms with Crippen LogP contribution in [-0.2, 0) is 35.4 Å². The third kappa shape index (κ3) is 10.6. The smallest absolute Gasteiger partial charge is 0.457 e. The van der Waals surface area contributed by atoms with E-state index in [1.54, 1.807) is 6.07 Å². The fraction of sp³-hybridized carbons (Fsp3) is 0.167. The summed E-state index contributed by atoms with van der Waals surface area (Å²) in [6.45, 7) is 1.43. The van der Waals surface area contributed by atoms with E-state index in [-0.39, 0.29) is 22.5 Å². The van der Waals surface area contributed by atoms with E-state index in [1.807, 2.05) is 0 Å². The SMILES string of the molecule is C1#Cc2ccccc2CCc2ccccc21.CC#N.F[B-](F)(F)F.[Cu+].[OH3+]. The first-order valence-electron chi connectivity index (χ1n) is 7.21. The van der Waals surface area contributed by atoms with Gasteiger partial charge in [-0.05, 0) is 36.1 Å². The van der Waals surface area contributed by atoms with Gasteiger partial charge in [-0.15, -0.1) is 0 Å². The van der Waals surface area contributed by atoms with Crippen molar-refractivity contribution in [3.05, 3.63) is 70.8 Å². The first-order chi connectivity index (χ1) is 11.3. The van der Waals surface area contributed by atoms with Gasteiger partial charge in [-0.3, -0.25) is 0 Å². The van der Waals surface area contributed by atoms with Crippen molar-refractivity contribution in [1.29, 1.82) is 5.26 Å². The molecular formula is C18H18BCuF4NO+. The molecular weight excluding hydrogens is 397 g/mol. The minimum absolute atomic E-state index is 0. The van der Waals surface area contributed by atoms with E-state index in [2.05, 4.69) is 60.4 Å². The first-order valence-corrected chi connectivity index (χ1v) is 7.21. The van der Waals surface area contributed by atoms with Crippen LogP contribution in [0.4, 0.5) is 17.3 Å². The molecule has 0 saturated heterocycles. The van der Waals surface area contributed by atoms with Crippen molar-refractivity contribution in [3.8, 4) is 17.9 Å². The Morgan fingerprint density at radius 1 is 0.846 bits per heavy atom. The Morgan fingerprint density at radius 2 is 1.12 bits per heavy atom. The van der Waals surface area contributed by atoms with E-state index in [9.17, 15) is 17.3 Å². The minimum Gasteiger partial charge on any atom is -0.457 e. The molecule has 3 N–H and O–H groups in total. The molecule has 0 radical (unpaired) electrons. The summed E-state index contributed by atoms with van der Waals surface area (Å²) in [5.41, 5.74) is 5.09. The molecule has 0 amide bonds. The second-order valence-corrected chi connectivity index (χ2v) is 4.78. The molecule has 2 aromatic carbocycles. The molecule has 26 heavy (non-hydrogen) atoms. The number of halogens is 4. The molecule has 2 aromatic rings. The Hall–Kier alpha value is -2.25. The standard InChI is InChI=1S/C16H12.C2H3N.BF4.Cu.H2O/c1-2-6-14-11-12-16-8-4-3-7-15(16)10-9-13(14)5-1;1-2-3;2-1(3,4)5;;/h1-8H,9-10H2;1H3;;;1H2/q;;-1;+1;/p+1. The molecule has 1 aliphatic carbocycles. The third-order valence-corrected chi connectivity index (χ3v) is 3.03. The van der Waals surface area contributed by atoms with Gasteiger partial charge in [0, 0.05) is 18.1 Å². The van der Waals surface area contributed by atoms with Gasteiger partial charge in [-0.2, -0.15) is 5.26 Å². The molecule has 0 atom stereocenters. The van der Waals surface area contributed by atoms with E-state index >= 15 is 0 Å². The predicted molar refractivity (Wildman–Crippen MR) is 92.6 cm³/mol. The number of rotatable bonds is 0. The third-order valence-electron chi connectivity index (χ3n) is 3.03. The van der Waals surface area contributed by atoms with Gasteiger partial charge in [-0.1, -0.05) is 48.2 Å². The van der Waals surface area contributed by atoms with Crippen LogP contribution in [-0.4, -0.2) is 7.25 Å². The zero-order valence-corrected chi connectivity index (χ0v) is 14.9. The van der Waals surface area contributed by atoms with Crippen LogP contribution in [0.3, 0.4) is 0 Å². The van der Waals surface area contributed by atoms with Gasteiger partial charge in [0.15, 0.2) is 0 Å². The van der Waals surface area contributed by atoms with Crippen LogP contribution >= 0.6 is 0 Å².